The molecule has 1 aromatic carbocycles. The minimum atomic E-state index is -3.76. The lowest BCUT2D eigenvalue weighted by atomic mass is 10.1. The van der Waals surface area contributed by atoms with E-state index in [1.54, 1.807) is 32.1 Å². The second kappa shape index (κ2) is 9.95. The molecule has 9 heteroatoms. The summed E-state index contributed by atoms with van der Waals surface area (Å²) in [5.74, 6) is 0.250. The summed E-state index contributed by atoms with van der Waals surface area (Å²) in [6, 6.07) is 4.81. The average Bonchev–Trinajstić information content (AvgIpc) is 2.69. The lowest BCUT2D eigenvalue weighted by Crippen LogP contribution is -2.30. The number of benzene rings is 1. The van der Waals surface area contributed by atoms with Gasteiger partial charge >= 0.3 is 0 Å². The number of nitrogens with two attached hydrogens (primary N) is 1. The molecular weight excluding hydrogens is 414 g/mol. The van der Waals surface area contributed by atoms with Gasteiger partial charge in [-0.25, -0.2) is 23.1 Å². The number of aryl methyl sites for hydroxylation is 1. The van der Waals surface area contributed by atoms with E-state index in [4.69, 9.17) is 5.73 Å². The third kappa shape index (κ3) is 6.55. The topological polar surface area (TPSA) is 131 Å². The molecule has 0 saturated carbocycles. The Balaban J connectivity index is 2.45. The van der Waals surface area contributed by atoms with Crippen molar-refractivity contribution < 1.29 is 13.5 Å². The molecule has 1 aromatic heterocycles. The third-order valence-electron chi connectivity index (χ3n) is 4.57. The molecule has 4 N–H and O–H groups in total. The molecule has 0 amide bonds. The normalized spacial score (nSPS) is 13.0. The van der Waals surface area contributed by atoms with Gasteiger partial charge in [0.2, 0.25) is 10.0 Å². The third-order valence-corrected chi connectivity index (χ3v) is 6.03. The number of hydrogen-bond acceptors (Lipinski definition) is 7. The van der Waals surface area contributed by atoms with Crippen molar-refractivity contribution in [2.75, 3.05) is 12.3 Å². The highest BCUT2D eigenvalue weighted by Crippen LogP contribution is 2.28. The summed E-state index contributed by atoms with van der Waals surface area (Å²) >= 11 is 0. The van der Waals surface area contributed by atoms with E-state index in [2.05, 4.69) is 26.4 Å². The molecule has 8 nitrogen and oxygen atoms in total. The van der Waals surface area contributed by atoms with Crippen LogP contribution in [-0.4, -0.2) is 42.4 Å². The molecule has 0 aliphatic carbocycles. The molecule has 0 bridgehead atoms. The fraction of sp³-hybridized carbons (Fsp3) is 0.318. The largest absolute Gasteiger partial charge is 0.390 e. The maximum atomic E-state index is 12.7. The van der Waals surface area contributed by atoms with Crippen LogP contribution in [0.2, 0.25) is 0 Å². The first-order chi connectivity index (χ1) is 14.5. The summed E-state index contributed by atoms with van der Waals surface area (Å²) in [5.41, 5.74) is 8.20. The Kier molecular flexibility index (Phi) is 7.83. The molecular formula is C22H29N5O3S. The Morgan fingerprint density at radius 2 is 2.10 bits per heavy atom. The Hall–Kier alpha value is -2.88. The quantitative estimate of drug-likeness (QED) is 0.403. The number of aromatic nitrogens is 2. The van der Waals surface area contributed by atoms with Crippen LogP contribution < -0.4 is 10.5 Å². The number of anilines is 1. The van der Waals surface area contributed by atoms with Gasteiger partial charge < -0.3 is 10.8 Å². The van der Waals surface area contributed by atoms with Crippen molar-refractivity contribution in [3.8, 4) is 11.3 Å². The van der Waals surface area contributed by atoms with Crippen LogP contribution in [0.4, 0.5) is 5.82 Å². The minimum Gasteiger partial charge on any atom is -0.390 e. The molecule has 0 saturated heterocycles. The summed E-state index contributed by atoms with van der Waals surface area (Å²) in [7, 11) is -3.76. The van der Waals surface area contributed by atoms with Gasteiger partial charge in [-0.3, -0.25) is 4.99 Å². The van der Waals surface area contributed by atoms with Crippen LogP contribution in [0.5, 0.6) is 0 Å². The van der Waals surface area contributed by atoms with Crippen LogP contribution in [0.1, 0.15) is 38.4 Å². The van der Waals surface area contributed by atoms with Crippen molar-refractivity contribution in [1.82, 2.24) is 14.7 Å². The maximum Gasteiger partial charge on any atom is 0.240 e. The van der Waals surface area contributed by atoms with Crippen molar-refractivity contribution in [3.63, 3.8) is 0 Å². The van der Waals surface area contributed by atoms with E-state index in [1.807, 2.05) is 19.9 Å². The smallest absolute Gasteiger partial charge is 0.240 e. The summed E-state index contributed by atoms with van der Waals surface area (Å²) in [6.45, 7) is 10.5. The first-order valence-electron chi connectivity index (χ1n) is 9.73. The fourth-order valence-electron chi connectivity index (χ4n) is 2.80. The van der Waals surface area contributed by atoms with Gasteiger partial charge in [0.25, 0.3) is 0 Å². The predicted molar refractivity (Wildman–Crippen MR) is 125 cm³/mol. The Labute approximate surface area is 183 Å². The molecule has 166 valence electrons. The molecule has 0 aliphatic heterocycles. The SMILES string of the molecule is C=N/C=C\C(=C/C)c1nc(-c2cc(S(=O)(=O)NCCC(C)(C)O)ccc2C)cnc1N. The first kappa shape index (κ1) is 24.4. The number of nitrogens with one attached hydrogen (secondary N) is 1. The summed E-state index contributed by atoms with van der Waals surface area (Å²) < 4.78 is 28.0. The van der Waals surface area contributed by atoms with E-state index in [9.17, 15) is 13.5 Å². The van der Waals surface area contributed by atoms with Crippen molar-refractivity contribution >= 4 is 28.1 Å². The lowest BCUT2D eigenvalue weighted by molar-refractivity contribution is 0.0728. The molecule has 2 rings (SSSR count). The van der Waals surface area contributed by atoms with Gasteiger partial charge in [0, 0.05) is 23.9 Å². The van der Waals surface area contributed by atoms with E-state index in [0.717, 1.165) is 5.56 Å². The molecule has 0 atom stereocenters. The minimum absolute atomic E-state index is 0.103. The van der Waals surface area contributed by atoms with Gasteiger partial charge in [0.1, 0.15) is 11.5 Å². The zero-order chi connectivity index (χ0) is 23.2. The zero-order valence-electron chi connectivity index (χ0n) is 18.3. The van der Waals surface area contributed by atoms with Crippen molar-refractivity contribution in [1.29, 1.82) is 0 Å². The van der Waals surface area contributed by atoms with E-state index in [-0.39, 0.29) is 23.7 Å². The zero-order valence-corrected chi connectivity index (χ0v) is 19.1. The number of aliphatic hydroxyl groups is 1. The van der Waals surface area contributed by atoms with Gasteiger partial charge in [-0.15, -0.1) is 0 Å². The molecule has 0 spiro atoms. The van der Waals surface area contributed by atoms with Gasteiger partial charge in [0.05, 0.1) is 22.4 Å². The maximum absolute atomic E-state index is 12.7. The van der Waals surface area contributed by atoms with E-state index < -0.39 is 15.6 Å². The Morgan fingerprint density at radius 1 is 1.39 bits per heavy atom. The Bertz CT molecular complexity index is 1120. The number of rotatable bonds is 9. The molecule has 0 radical (unpaired) electrons. The van der Waals surface area contributed by atoms with Crippen LogP contribution in [-0.2, 0) is 10.0 Å². The highest BCUT2D eigenvalue weighted by Gasteiger charge is 2.19. The van der Waals surface area contributed by atoms with Gasteiger partial charge in [-0.1, -0.05) is 12.1 Å². The van der Waals surface area contributed by atoms with Crippen LogP contribution in [0.15, 0.2) is 52.6 Å². The number of allylic oxidation sites excluding steroid dienone is 3. The second-order valence-electron chi connectivity index (χ2n) is 7.67. The molecule has 0 fully saturated rings. The van der Waals surface area contributed by atoms with Crippen molar-refractivity contribution in [2.24, 2.45) is 4.99 Å². The summed E-state index contributed by atoms with van der Waals surface area (Å²) in [5, 5.41) is 9.80. The Morgan fingerprint density at radius 3 is 2.71 bits per heavy atom. The second-order valence-corrected chi connectivity index (χ2v) is 9.44. The van der Waals surface area contributed by atoms with Crippen LogP contribution >= 0.6 is 0 Å². The van der Waals surface area contributed by atoms with E-state index >= 15 is 0 Å². The number of aliphatic imine (C=N–C) groups is 1. The number of nitrogens with zero attached hydrogens (tertiary/aromatic N) is 3. The lowest BCUT2D eigenvalue weighted by Gasteiger charge is -2.17. The number of hydrogen-bond donors (Lipinski definition) is 3. The number of nitrogen functional groups attached to an aromatic ring is 1. The van der Waals surface area contributed by atoms with E-state index in [0.29, 0.717) is 22.5 Å². The summed E-state index contributed by atoms with van der Waals surface area (Å²) in [6.07, 6.45) is 6.88. The fourth-order valence-corrected chi connectivity index (χ4v) is 3.86. The van der Waals surface area contributed by atoms with Crippen molar-refractivity contribution in [2.45, 2.75) is 44.6 Å². The molecule has 2 aromatic rings. The molecule has 1 heterocycles. The summed E-state index contributed by atoms with van der Waals surface area (Å²) in [4.78, 5) is 12.7. The predicted octanol–water partition coefficient (Wildman–Crippen LogP) is 3.09. The first-order valence-corrected chi connectivity index (χ1v) is 11.2. The van der Waals surface area contributed by atoms with Gasteiger partial charge in [-0.2, -0.15) is 0 Å². The van der Waals surface area contributed by atoms with Gasteiger partial charge in [-0.05, 0) is 64.6 Å². The van der Waals surface area contributed by atoms with Crippen LogP contribution in [0, 0.1) is 6.92 Å². The highest BCUT2D eigenvalue weighted by molar-refractivity contribution is 7.89. The van der Waals surface area contributed by atoms with Crippen LogP contribution in [0.3, 0.4) is 0 Å². The van der Waals surface area contributed by atoms with Crippen molar-refractivity contribution in [3.05, 3.63) is 54.0 Å². The molecule has 31 heavy (non-hydrogen) atoms. The monoisotopic (exact) mass is 443 g/mol. The standard InChI is InChI=1S/C22H29N5O3S/c1-6-16(9-11-24-5)20-21(23)25-14-19(27-20)18-13-17(8-7-15(18)2)31(29,30)26-12-10-22(3,4)28/h6-9,11,13-14,26,28H,5,10,12H2,1-4H3,(H2,23,25)/b11-9-,16-6+. The average molecular weight is 444 g/mol. The van der Waals surface area contributed by atoms with Gasteiger partial charge in [0.15, 0.2) is 0 Å². The van der Waals surface area contributed by atoms with Crippen LogP contribution in [0.25, 0.3) is 16.8 Å². The molecule has 0 unspecified atom stereocenters. The number of sulfonamides is 1. The molecule has 0 aliphatic rings. The highest BCUT2D eigenvalue weighted by atomic mass is 32.2. The van der Waals surface area contributed by atoms with E-state index in [1.165, 1.54) is 18.5 Å².